The summed E-state index contributed by atoms with van der Waals surface area (Å²) in [4.78, 5) is 32.7. The molecule has 0 saturated carbocycles. The lowest BCUT2D eigenvalue weighted by Gasteiger charge is -2.08. The maximum absolute atomic E-state index is 12.0. The van der Waals surface area contributed by atoms with Crippen LogP contribution in [0.1, 0.15) is 11.6 Å². The summed E-state index contributed by atoms with van der Waals surface area (Å²) in [6.45, 7) is 3.82. The quantitative estimate of drug-likeness (QED) is 0.641. The van der Waals surface area contributed by atoms with Gasteiger partial charge in [0.15, 0.2) is 11.7 Å². The van der Waals surface area contributed by atoms with Crippen molar-refractivity contribution in [2.24, 2.45) is 0 Å². The van der Waals surface area contributed by atoms with Crippen molar-refractivity contribution in [3.8, 4) is 0 Å². The van der Waals surface area contributed by atoms with Crippen molar-refractivity contribution in [3.63, 3.8) is 0 Å². The van der Waals surface area contributed by atoms with E-state index >= 15 is 0 Å². The van der Waals surface area contributed by atoms with Crippen LogP contribution in [0.3, 0.4) is 0 Å². The molecule has 0 saturated heterocycles. The Labute approximate surface area is 114 Å². The summed E-state index contributed by atoms with van der Waals surface area (Å²) in [6.07, 6.45) is 1.55. The predicted molar refractivity (Wildman–Crippen MR) is 74.1 cm³/mol. The van der Waals surface area contributed by atoms with E-state index in [0.29, 0.717) is 29.1 Å². The highest BCUT2D eigenvalue weighted by atomic mass is 16.2. The molecule has 1 aliphatic rings. The summed E-state index contributed by atoms with van der Waals surface area (Å²) >= 11 is 0. The van der Waals surface area contributed by atoms with Gasteiger partial charge in [-0.3, -0.25) is 9.59 Å². The van der Waals surface area contributed by atoms with E-state index in [9.17, 15) is 9.59 Å². The van der Waals surface area contributed by atoms with Gasteiger partial charge < -0.3 is 10.6 Å². The molecule has 0 bridgehead atoms. The minimum atomic E-state index is -0.956. The molecule has 0 fully saturated rings. The van der Waals surface area contributed by atoms with Crippen LogP contribution in [-0.2, 0) is 9.59 Å². The van der Waals surface area contributed by atoms with Crippen LogP contribution >= 0.6 is 0 Å². The molecule has 0 aliphatic carbocycles. The van der Waals surface area contributed by atoms with Crippen LogP contribution in [0.15, 0.2) is 36.9 Å². The topological polar surface area (TPSA) is 84.0 Å². The van der Waals surface area contributed by atoms with Gasteiger partial charge in [-0.15, -0.1) is 6.58 Å². The molecule has 20 heavy (non-hydrogen) atoms. The fourth-order valence-electron chi connectivity index (χ4n) is 2.14. The molecule has 3 rings (SSSR count). The highest BCUT2D eigenvalue weighted by molar-refractivity contribution is 6.15. The second-order valence-electron chi connectivity index (χ2n) is 4.40. The van der Waals surface area contributed by atoms with Gasteiger partial charge in [-0.2, -0.15) is 0 Å². The number of rotatable bonds is 3. The fourth-order valence-corrected chi connectivity index (χ4v) is 2.14. The number of fused-ring (bicyclic) bond motifs is 2. The highest BCUT2D eigenvalue weighted by Gasteiger charge is 2.39. The third-order valence-electron chi connectivity index (χ3n) is 3.06. The van der Waals surface area contributed by atoms with Crippen LogP contribution in [0.5, 0.6) is 0 Å². The van der Waals surface area contributed by atoms with Gasteiger partial charge in [0.05, 0.1) is 11.0 Å². The average Bonchev–Trinajstić information content (AvgIpc) is 2.77. The molecular weight excluding hydrogens is 256 g/mol. The maximum atomic E-state index is 12.0. The summed E-state index contributed by atoms with van der Waals surface area (Å²) in [7, 11) is 0. The van der Waals surface area contributed by atoms with Crippen molar-refractivity contribution in [3.05, 3.63) is 42.6 Å². The van der Waals surface area contributed by atoms with Crippen molar-refractivity contribution in [2.75, 3.05) is 11.9 Å². The second-order valence-corrected chi connectivity index (χ2v) is 4.40. The molecule has 1 aromatic carbocycles. The van der Waals surface area contributed by atoms with Crippen molar-refractivity contribution in [2.45, 2.75) is 5.92 Å². The molecule has 2 aromatic rings. The Morgan fingerprint density at radius 3 is 2.75 bits per heavy atom. The van der Waals surface area contributed by atoms with Gasteiger partial charge in [-0.05, 0) is 12.1 Å². The lowest BCUT2D eigenvalue weighted by Crippen LogP contribution is -2.33. The van der Waals surface area contributed by atoms with Crippen LogP contribution in [0.4, 0.5) is 5.82 Å². The van der Waals surface area contributed by atoms with Gasteiger partial charge in [-0.25, -0.2) is 9.97 Å². The molecule has 6 nitrogen and oxygen atoms in total. The van der Waals surface area contributed by atoms with Gasteiger partial charge in [0.1, 0.15) is 5.69 Å². The summed E-state index contributed by atoms with van der Waals surface area (Å²) in [6, 6.07) is 7.28. The third-order valence-corrected chi connectivity index (χ3v) is 3.06. The van der Waals surface area contributed by atoms with E-state index in [1.807, 2.05) is 12.1 Å². The number of para-hydroxylation sites is 2. The van der Waals surface area contributed by atoms with Gasteiger partial charge in [0, 0.05) is 6.54 Å². The first-order valence-corrected chi connectivity index (χ1v) is 6.17. The van der Waals surface area contributed by atoms with E-state index in [1.165, 1.54) is 0 Å². The maximum Gasteiger partial charge on any atom is 0.244 e. The number of aromatic nitrogens is 2. The Morgan fingerprint density at radius 1 is 1.35 bits per heavy atom. The Balaban J connectivity index is 2.04. The Morgan fingerprint density at radius 2 is 2.05 bits per heavy atom. The average molecular weight is 268 g/mol. The molecule has 1 atom stereocenters. The van der Waals surface area contributed by atoms with E-state index in [2.05, 4.69) is 27.2 Å². The third kappa shape index (κ3) is 1.91. The molecule has 1 aliphatic heterocycles. The number of carbonyl (C=O) groups excluding carboxylic acids is 2. The molecular formula is C14H12N4O2. The van der Waals surface area contributed by atoms with Crippen LogP contribution in [-0.4, -0.2) is 28.3 Å². The molecule has 0 radical (unpaired) electrons. The van der Waals surface area contributed by atoms with Crippen molar-refractivity contribution < 1.29 is 9.59 Å². The summed E-state index contributed by atoms with van der Waals surface area (Å²) in [5.41, 5.74) is 1.71. The number of hydrogen-bond donors (Lipinski definition) is 2. The van der Waals surface area contributed by atoms with E-state index in [0.717, 1.165) is 0 Å². The lowest BCUT2D eigenvalue weighted by molar-refractivity contribution is -0.128. The Bertz CT molecular complexity index is 726. The van der Waals surface area contributed by atoms with E-state index in [-0.39, 0.29) is 0 Å². The lowest BCUT2D eigenvalue weighted by atomic mass is 10.1. The fraction of sp³-hybridized carbons (Fsp3) is 0.143. The minimum Gasteiger partial charge on any atom is -0.352 e. The zero-order valence-corrected chi connectivity index (χ0v) is 10.6. The second kappa shape index (κ2) is 4.73. The van der Waals surface area contributed by atoms with Crippen LogP contribution < -0.4 is 10.6 Å². The van der Waals surface area contributed by atoms with E-state index < -0.39 is 17.7 Å². The molecule has 2 N–H and O–H groups in total. The normalized spacial score (nSPS) is 16.6. The minimum absolute atomic E-state index is 0.305. The molecule has 6 heteroatoms. The van der Waals surface area contributed by atoms with Crippen LogP contribution in [0, 0.1) is 0 Å². The summed E-state index contributed by atoms with van der Waals surface area (Å²) < 4.78 is 0. The number of nitrogens with zero attached hydrogens (tertiary/aromatic N) is 2. The number of hydrogen-bond acceptors (Lipinski definition) is 4. The molecule has 0 unspecified atom stereocenters. The molecule has 2 heterocycles. The zero-order chi connectivity index (χ0) is 14.1. The first-order valence-electron chi connectivity index (χ1n) is 6.17. The number of carbonyl (C=O) groups is 2. The molecule has 2 amide bonds. The van der Waals surface area contributed by atoms with Crippen LogP contribution in [0.25, 0.3) is 11.0 Å². The Kier molecular flexibility index (Phi) is 2.90. The largest absolute Gasteiger partial charge is 0.352 e. The monoisotopic (exact) mass is 268 g/mol. The van der Waals surface area contributed by atoms with Crippen molar-refractivity contribution in [1.82, 2.24) is 15.3 Å². The smallest absolute Gasteiger partial charge is 0.244 e. The molecule has 1 aromatic heterocycles. The van der Waals surface area contributed by atoms with Gasteiger partial charge in [0.2, 0.25) is 11.8 Å². The van der Waals surface area contributed by atoms with E-state index in [1.54, 1.807) is 18.2 Å². The highest BCUT2D eigenvalue weighted by Crippen LogP contribution is 2.30. The van der Waals surface area contributed by atoms with Gasteiger partial charge in [0.25, 0.3) is 0 Å². The van der Waals surface area contributed by atoms with Crippen molar-refractivity contribution >= 4 is 28.7 Å². The number of amides is 2. The number of anilines is 1. The molecule has 0 spiro atoms. The summed E-state index contributed by atoms with van der Waals surface area (Å²) in [5, 5.41) is 5.21. The molecule has 100 valence electrons. The van der Waals surface area contributed by atoms with E-state index in [4.69, 9.17) is 0 Å². The standard InChI is InChI=1S/C14H12N4O2/c1-2-7-15-13(19)10-11-12(18-14(10)20)17-9-6-4-3-5-8(9)16-11/h2-6,10H,1,7H2,(H,15,19)(H,17,18,20)/t10-/m1/s1. The summed E-state index contributed by atoms with van der Waals surface area (Å²) in [5.74, 6) is -1.41. The number of nitrogens with one attached hydrogen (secondary N) is 2. The van der Waals surface area contributed by atoms with Crippen LogP contribution in [0.2, 0.25) is 0 Å². The zero-order valence-electron chi connectivity index (χ0n) is 10.6. The SMILES string of the molecule is C=CCNC(=O)[C@@H]1C(=O)Nc2nc3ccccc3nc21. The number of benzene rings is 1. The Hall–Kier alpha value is -2.76. The van der Waals surface area contributed by atoms with Gasteiger partial charge in [-0.1, -0.05) is 18.2 Å². The first-order chi connectivity index (χ1) is 9.70. The first kappa shape index (κ1) is 12.3. The predicted octanol–water partition coefficient (Wildman–Crippen LogP) is 0.968. The van der Waals surface area contributed by atoms with Gasteiger partial charge >= 0.3 is 0 Å². The van der Waals surface area contributed by atoms with Crippen molar-refractivity contribution in [1.29, 1.82) is 0 Å².